The fourth-order valence-corrected chi connectivity index (χ4v) is 3.66. The number of carbonyl (C=O) groups excluding carboxylic acids is 3. The molecule has 8 nitrogen and oxygen atoms in total. The SMILES string of the molecule is C[C@@H](NC(=O)C1CCN(C(=O)[C@@H]([NH3+])Cc2c[nH]c3ccccc23)CC1)C(=O)[O-]. The molecule has 1 fully saturated rings. The number of hydrogen-bond acceptors (Lipinski definition) is 4. The Morgan fingerprint density at radius 2 is 1.96 bits per heavy atom. The third-order valence-electron chi connectivity index (χ3n) is 5.38. The summed E-state index contributed by atoms with van der Waals surface area (Å²) >= 11 is 0. The van der Waals surface area contributed by atoms with E-state index < -0.39 is 18.1 Å². The Morgan fingerprint density at radius 3 is 2.64 bits per heavy atom. The Morgan fingerprint density at radius 1 is 1.29 bits per heavy atom. The lowest BCUT2D eigenvalue weighted by atomic mass is 9.94. The monoisotopic (exact) mass is 386 g/mol. The number of carboxylic acids is 1. The fraction of sp³-hybridized carbons (Fsp3) is 0.450. The van der Waals surface area contributed by atoms with Crippen molar-refractivity contribution in [2.45, 2.75) is 38.3 Å². The van der Waals surface area contributed by atoms with E-state index in [-0.39, 0.29) is 17.7 Å². The number of fused-ring (bicyclic) bond motifs is 1. The van der Waals surface area contributed by atoms with Gasteiger partial charge in [-0.05, 0) is 31.4 Å². The highest BCUT2D eigenvalue weighted by atomic mass is 16.4. The zero-order valence-electron chi connectivity index (χ0n) is 15.9. The number of likely N-dealkylation sites (tertiary alicyclic amines) is 1. The van der Waals surface area contributed by atoms with Crippen molar-refractivity contribution in [3.8, 4) is 0 Å². The number of benzene rings is 1. The lowest BCUT2D eigenvalue weighted by Crippen LogP contribution is -2.69. The molecule has 2 heterocycles. The molecular formula is C20H26N4O4. The largest absolute Gasteiger partial charge is 0.548 e. The van der Waals surface area contributed by atoms with Crippen LogP contribution in [0.15, 0.2) is 30.5 Å². The van der Waals surface area contributed by atoms with Gasteiger partial charge < -0.3 is 30.8 Å². The van der Waals surface area contributed by atoms with Crippen LogP contribution in [0.4, 0.5) is 0 Å². The molecule has 1 aromatic heterocycles. The van der Waals surface area contributed by atoms with Gasteiger partial charge >= 0.3 is 0 Å². The molecule has 2 aromatic rings. The minimum atomic E-state index is -1.31. The Balaban J connectivity index is 1.53. The molecule has 28 heavy (non-hydrogen) atoms. The number of H-pyrrole nitrogens is 1. The smallest absolute Gasteiger partial charge is 0.281 e. The molecule has 1 aliphatic rings. The van der Waals surface area contributed by atoms with Gasteiger partial charge in [0.05, 0.1) is 12.0 Å². The zero-order chi connectivity index (χ0) is 20.3. The van der Waals surface area contributed by atoms with Crippen molar-refractivity contribution in [3.63, 3.8) is 0 Å². The highest BCUT2D eigenvalue weighted by Gasteiger charge is 2.31. The predicted molar refractivity (Wildman–Crippen MR) is 101 cm³/mol. The van der Waals surface area contributed by atoms with Gasteiger partial charge in [0.25, 0.3) is 5.91 Å². The van der Waals surface area contributed by atoms with E-state index in [0.717, 1.165) is 16.5 Å². The number of aliphatic carboxylic acids is 1. The van der Waals surface area contributed by atoms with Gasteiger partial charge in [-0.15, -0.1) is 0 Å². The number of piperidine rings is 1. The van der Waals surface area contributed by atoms with Crippen LogP contribution in [-0.2, 0) is 20.8 Å². The van der Waals surface area contributed by atoms with Gasteiger partial charge in [-0.1, -0.05) is 18.2 Å². The summed E-state index contributed by atoms with van der Waals surface area (Å²) in [6.45, 7) is 2.32. The Labute approximate surface area is 163 Å². The molecule has 3 rings (SSSR count). The lowest BCUT2D eigenvalue weighted by Gasteiger charge is -2.32. The van der Waals surface area contributed by atoms with Crippen LogP contribution in [0.25, 0.3) is 10.9 Å². The van der Waals surface area contributed by atoms with E-state index in [0.29, 0.717) is 32.4 Å². The van der Waals surface area contributed by atoms with Crippen LogP contribution in [0.2, 0.25) is 0 Å². The standard InChI is InChI=1S/C20H26N4O4/c1-12(20(27)28)23-18(25)13-6-8-24(9-7-13)19(26)16(21)10-14-11-22-17-5-3-2-4-15(14)17/h2-5,11-13,16,22H,6-10,21H2,1H3,(H,23,25)(H,27,28)/t12-,16+/m1/s1. The Bertz CT molecular complexity index is 870. The number of nitrogens with zero attached hydrogens (tertiary/aromatic N) is 1. The van der Waals surface area contributed by atoms with E-state index in [2.05, 4.69) is 16.0 Å². The molecule has 1 aromatic carbocycles. The number of nitrogens with one attached hydrogen (secondary N) is 2. The maximum atomic E-state index is 12.8. The van der Waals surface area contributed by atoms with E-state index >= 15 is 0 Å². The average molecular weight is 386 g/mol. The second kappa shape index (κ2) is 8.43. The van der Waals surface area contributed by atoms with Crippen molar-refractivity contribution in [1.82, 2.24) is 15.2 Å². The van der Waals surface area contributed by atoms with Crippen LogP contribution < -0.4 is 16.2 Å². The second-order valence-corrected chi connectivity index (χ2v) is 7.41. The minimum Gasteiger partial charge on any atom is -0.548 e. The molecule has 0 radical (unpaired) electrons. The van der Waals surface area contributed by atoms with Crippen LogP contribution in [0, 0.1) is 5.92 Å². The summed E-state index contributed by atoms with van der Waals surface area (Å²) in [5.74, 6) is -1.91. The van der Waals surface area contributed by atoms with Crippen LogP contribution in [0.5, 0.6) is 0 Å². The molecule has 0 aliphatic carbocycles. The van der Waals surface area contributed by atoms with Gasteiger partial charge in [0.1, 0.15) is 0 Å². The lowest BCUT2D eigenvalue weighted by molar-refractivity contribution is -0.405. The maximum Gasteiger partial charge on any atom is 0.281 e. The molecule has 8 heteroatoms. The van der Waals surface area contributed by atoms with Crippen molar-refractivity contribution in [2.24, 2.45) is 5.92 Å². The van der Waals surface area contributed by atoms with E-state index in [1.165, 1.54) is 6.92 Å². The maximum absolute atomic E-state index is 12.8. The molecule has 2 amide bonds. The first kappa shape index (κ1) is 19.9. The van der Waals surface area contributed by atoms with E-state index in [4.69, 9.17) is 0 Å². The number of quaternary nitrogens is 1. The highest BCUT2D eigenvalue weighted by Crippen LogP contribution is 2.21. The van der Waals surface area contributed by atoms with Crippen molar-refractivity contribution in [2.75, 3.05) is 13.1 Å². The topological polar surface area (TPSA) is 133 Å². The summed E-state index contributed by atoms with van der Waals surface area (Å²) in [5, 5.41) is 14.3. The molecule has 0 saturated carbocycles. The number of aromatic nitrogens is 1. The molecule has 0 spiro atoms. The number of aromatic amines is 1. The van der Waals surface area contributed by atoms with Crippen molar-refractivity contribution in [1.29, 1.82) is 0 Å². The molecule has 0 bridgehead atoms. The van der Waals surface area contributed by atoms with Gasteiger partial charge in [0, 0.05) is 42.5 Å². The quantitative estimate of drug-likeness (QED) is 0.576. The number of amides is 2. The molecule has 1 aliphatic heterocycles. The number of para-hydroxylation sites is 1. The first-order valence-electron chi connectivity index (χ1n) is 9.55. The summed E-state index contributed by atoms with van der Waals surface area (Å²) < 4.78 is 0. The van der Waals surface area contributed by atoms with E-state index in [1.807, 2.05) is 30.5 Å². The fourth-order valence-electron chi connectivity index (χ4n) is 3.66. The first-order valence-corrected chi connectivity index (χ1v) is 9.55. The van der Waals surface area contributed by atoms with Gasteiger partial charge in [-0.25, -0.2) is 0 Å². The average Bonchev–Trinajstić information content (AvgIpc) is 3.10. The van der Waals surface area contributed by atoms with Gasteiger partial charge in [0.15, 0.2) is 6.04 Å². The molecule has 2 atom stereocenters. The van der Waals surface area contributed by atoms with Gasteiger partial charge in [0.2, 0.25) is 5.91 Å². The second-order valence-electron chi connectivity index (χ2n) is 7.41. The summed E-state index contributed by atoms with van der Waals surface area (Å²) in [4.78, 5) is 40.6. The molecular weight excluding hydrogens is 360 g/mol. The molecule has 150 valence electrons. The van der Waals surface area contributed by atoms with Crippen LogP contribution in [0.3, 0.4) is 0 Å². The Kier molecular flexibility index (Phi) is 5.99. The van der Waals surface area contributed by atoms with Crippen molar-refractivity contribution < 1.29 is 25.2 Å². The molecule has 0 unspecified atom stereocenters. The molecule has 5 N–H and O–H groups in total. The minimum absolute atomic E-state index is 0.0211. The zero-order valence-corrected chi connectivity index (χ0v) is 15.9. The van der Waals surface area contributed by atoms with Crippen LogP contribution in [-0.4, -0.2) is 52.8 Å². The van der Waals surface area contributed by atoms with Crippen molar-refractivity contribution >= 4 is 28.7 Å². The number of hydrogen-bond donors (Lipinski definition) is 3. The van der Waals surface area contributed by atoms with Gasteiger partial charge in [-0.2, -0.15) is 0 Å². The molecule has 1 saturated heterocycles. The first-order chi connectivity index (χ1) is 13.4. The third kappa shape index (κ3) is 4.33. The van der Waals surface area contributed by atoms with Gasteiger partial charge in [-0.3, -0.25) is 9.59 Å². The third-order valence-corrected chi connectivity index (χ3v) is 5.38. The van der Waals surface area contributed by atoms with E-state index in [1.54, 1.807) is 4.90 Å². The summed E-state index contributed by atoms with van der Waals surface area (Å²) in [7, 11) is 0. The normalized spacial score (nSPS) is 17.3. The Hall–Kier alpha value is -2.87. The summed E-state index contributed by atoms with van der Waals surface area (Å²) in [6.07, 6.45) is 3.49. The van der Waals surface area contributed by atoms with Crippen LogP contribution >= 0.6 is 0 Å². The van der Waals surface area contributed by atoms with Crippen LogP contribution in [0.1, 0.15) is 25.3 Å². The number of rotatable bonds is 6. The summed E-state index contributed by atoms with van der Waals surface area (Å²) in [6, 6.07) is 6.53. The summed E-state index contributed by atoms with van der Waals surface area (Å²) in [5.41, 5.74) is 6.15. The van der Waals surface area contributed by atoms with Crippen molar-refractivity contribution in [3.05, 3.63) is 36.0 Å². The number of carbonyl (C=O) groups is 3. The number of carboxylic acid groups (broad SMARTS) is 1. The van der Waals surface area contributed by atoms with E-state index in [9.17, 15) is 19.5 Å². The highest BCUT2D eigenvalue weighted by molar-refractivity contribution is 5.86. The predicted octanol–water partition coefficient (Wildman–Crippen LogP) is -1.19.